The van der Waals surface area contributed by atoms with Gasteiger partial charge in [-0.05, 0) is 16.7 Å². The van der Waals surface area contributed by atoms with Gasteiger partial charge in [0.2, 0.25) is 0 Å². The fraction of sp³-hybridized carbons (Fsp3) is 0.182. The SMILES string of the molecule is OC(c1ccccc1)(c1ccccc1)[C@@H]1O[C@H]1Cc1ccccc1. The minimum Gasteiger partial charge on any atom is -0.378 e. The van der Waals surface area contributed by atoms with Crippen molar-refractivity contribution < 1.29 is 9.84 Å². The van der Waals surface area contributed by atoms with Crippen LogP contribution in [0.4, 0.5) is 0 Å². The van der Waals surface area contributed by atoms with Crippen LogP contribution in [0, 0.1) is 0 Å². The Morgan fingerprint density at radius 1 is 0.708 bits per heavy atom. The van der Waals surface area contributed by atoms with Crippen molar-refractivity contribution in [2.45, 2.75) is 24.2 Å². The van der Waals surface area contributed by atoms with E-state index in [0.29, 0.717) is 0 Å². The Labute approximate surface area is 142 Å². The Morgan fingerprint density at radius 2 is 1.17 bits per heavy atom. The van der Waals surface area contributed by atoms with Crippen molar-refractivity contribution in [3.63, 3.8) is 0 Å². The number of epoxide rings is 1. The van der Waals surface area contributed by atoms with Crippen LogP contribution in [0.25, 0.3) is 0 Å². The third-order valence-electron chi connectivity index (χ3n) is 4.70. The molecule has 3 aromatic rings. The molecule has 0 aromatic heterocycles. The summed E-state index contributed by atoms with van der Waals surface area (Å²) in [6, 6.07) is 29.9. The summed E-state index contributed by atoms with van der Waals surface area (Å²) in [7, 11) is 0. The van der Waals surface area contributed by atoms with Gasteiger partial charge in [-0.1, -0.05) is 91.0 Å². The first-order valence-corrected chi connectivity index (χ1v) is 8.31. The molecule has 0 unspecified atom stereocenters. The Kier molecular flexibility index (Phi) is 3.93. The van der Waals surface area contributed by atoms with E-state index in [2.05, 4.69) is 12.1 Å². The predicted molar refractivity (Wildman–Crippen MR) is 94.7 cm³/mol. The highest BCUT2D eigenvalue weighted by Crippen LogP contribution is 2.45. The average Bonchev–Trinajstić information content (AvgIpc) is 3.43. The van der Waals surface area contributed by atoms with E-state index in [0.717, 1.165) is 17.5 Å². The lowest BCUT2D eigenvalue weighted by Gasteiger charge is -2.28. The number of hydrogen-bond donors (Lipinski definition) is 1. The standard InChI is InChI=1S/C22H20O2/c23-22(18-12-6-2-7-13-18,19-14-8-3-9-15-19)21-20(24-21)16-17-10-4-1-5-11-17/h1-15,20-21,23H,16H2/t20-,21+/m0/s1. The highest BCUT2D eigenvalue weighted by molar-refractivity contribution is 5.40. The molecule has 24 heavy (non-hydrogen) atoms. The van der Waals surface area contributed by atoms with Gasteiger partial charge in [-0.2, -0.15) is 0 Å². The molecule has 1 saturated heterocycles. The first-order valence-electron chi connectivity index (χ1n) is 8.31. The summed E-state index contributed by atoms with van der Waals surface area (Å²) >= 11 is 0. The molecule has 1 heterocycles. The van der Waals surface area contributed by atoms with Crippen LogP contribution in [0.3, 0.4) is 0 Å². The van der Waals surface area contributed by atoms with Gasteiger partial charge < -0.3 is 9.84 Å². The van der Waals surface area contributed by atoms with E-state index < -0.39 is 5.60 Å². The van der Waals surface area contributed by atoms with E-state index in [1.807, 2.05) is 78.9 Å². The van der Waals surface area contributed by atoms with Crippen LogP contribution < -0.4 is 0 Å². The lowest BCUT2D eigenvalue weighted by atomic mass is 9.81. The van der Waals surface area contributed by atoms with Crippen molar-refractivity contribution in [1.82, 2.24) is 0 Å². The largest absolute Gasteiger partial charge is 0.378 e. The van der Waals surface area contributed by atoms with Crippen molar-refractivity contribution in [2.24, 2.45) is 0 Å². The van der Waals surface area contributed by atoms with Crippen molar-refractivity contribution >= 4 is 0 Å². The molecular weight excluding hydrogens is 296 g/mol. The number of rotatable bonds is 5. The zero-order chi connectivity index (χ0) is 16.4. The van der Waals surface area contributed by atoms with Gasteiger partial charge in [-0.25, -0.2) is 0 Å². The fourth-order valence-corrected chi connectivity index (χ4v) is 3.39. The Morgan fingerprint density at radius 3 is 1.67 bits per heavy atom. The van der Waals surface area contributed by atoms with E-state index in [1.165, 1.54) is 5.56 Å². The molecule has 2 heteroatoms. The normalized spacial score (nSPS) is 19.9. The van der Waals surface area contributed by atoms with Crippen LogP contribution in [0.5, 0.6) is 0 Å². The summed E-state index contributed by atoms with van der Waals surface area (Å²) < 4.78 is 5.94. The van der Waals surface area contributed by atoms with Gasteiger partial charge in [0.05, 0.1) is 6.10 Å². The van der Waals surface area contributed by atoms with E-state index in [4.69, 9.17) is 4.74 Å². The third-order valence-corrected chi connectivity index (χ3v) is 4.70. The summed E-state index contributed by atoms with van der Waals surface area (Å²) in [5.41, 5.74) is 1.85. The molecule has 0 bridgehead atoms. The molecule has 2 nitrogen and oxygen atoms in total. The molecule has 3 aromatic carbocycles. The Hall–Kier alpha value is -2.42. The molecule has 4 rings (SSSR count). The van der Waals surface area contributed by atoms with Crippen molar-refractivity contribution in [3.8, 4) is 0 Å². The maximum atomic E-state index is 11.6. The van der Waals surface area contributed by atoms with Crippen LogP contribution in [0.2, 0.25) is 0 Å². The fourth-order valence-electron chi connectivity index (χ4n) is 3.39. The van der Waals surface area contributed by atoms with E-state index in [-0.39, 0.29) is 12.2 Å². The van der Waals surface area contributed by atoms with Crippen LogP contribution in [0.15, 0.2) is 91.0 Å². The molecule has 0 radical (unpaired) electrons. The molecule has 2 atom stereocenters. The highest BCUT2D eigenvalue weighted by Gasteiger charge is 2.55. The summed E-state index contributed by atoms with van der Waals surface area (Å²) in [5.74, 6) is 0. The second-order valence-electron chi connectivity index (χ2n) is 6.28. The first-order chi connectivity index (χ1) is 11.8. The van der Waals surface area contributed by atoms with Gasteiger partial charge in [-0.3, -0.25) is 0 Å². The van der Waals surface area contributed by atoms with Gasteiger partial charge in [0.1, 0.15) is 11.7 Å². The summed E-state index contributed by atoms with van der Waals surface area (Å²) in [6.07, 6.45) is 0.605. The lowest BCUT2D eigenvalue weighted by Crippen LogP contribution is -2.35. The summed E-state index contributed by atoms with van der Waals surface area (Å²) in [5, 5.41) is 11.6. The van der Waals surface area contributed by atoms with Gasteiger partial charge >= 0.3 is 0 Å². The maximum Gasteiger partial charge on any atom is 0.143 e. The van der Waals surface area contributed by atoms with E-state index in [9.17, 15) is 5.11 Å². The minimum absolute atomic E-state index is 0.0258. The molecule has 1 N–H and O–H groups in total. The van der Waals surface area contributed by atoms with Gasteiger partial charge in [-0.15, -0.1) is 0 Å². The van der Waals surface area contributed by atoms with Crippen molar-refractivity contribution in [3.05, 3.63) is 108 Å². The predicted octanol–water partition coefficient (Wildman–Crippen LogP) is 3.93. The first kappa shape index (κ1) is 15.1. The van der Waals surface area contributed by atoms with E-state index >= 15 is 0 Å². The molecule has 0 aliphatic carbocycles. The highest BCUT2D eigenvalue weighted by atomic mass is 16.6. The molecule has 1 aliphatic rings. The topological polar surface area (TPSA) is 32.8 Å². The van der Waals surface area contributed by atoms with Crippen LogP contribution >= 0.6 is 0 Å². The molecule has 0 saturated carbocycles. The maximum absolute atomic E-state index is 11.6. The smallest absolute Gasteiger partial charge is 0.143 e. The van der Waals surface area contributed by atoms with Gasteiger partial charge in [0.15, 0.2) is 0 Å². The molecule has 120 valence electrons. The van der Waals surface area contributed by atoms with Gasteiger partial charge in [0, 0.05) is 6.42 Å². The monoisotopic (exact) mass is 316 g/mol. The quantitative estimate of drug-likeness (QED) is 0.723. The summed E-state index contributed by atoms with van der Waals surface area (Å²) in [4.78, 5) is 0. The van der Waals surface area contributed by atoms with Crippen molar-refractivity contribution in [2.75, 3.05) is 0 Å². The molecule has 0 amide bonds. The molecular formula is C22H20O2. The average molecular weight is 316 g/mol. The number of benzene rings is 3. The third kappa shape index (κ3) is 2.75. The minimum atomic E-state index is -1.12. The molecule has 1 fully saturated rings. The zero-order valence-electron chi connectivity index (χ0n) is 13.4. The number of hydrogen-bond acceptors (Lipinski definition) is 2. The van der Waals surface area contributed by atoms with Crippen LogP contribution in [0.1, 0.15) is 16.7 Å². The zero-order valence-corrected chi connectivity index (χ0v) is 13.4. The van der Waals surface area contributed by atoms with Gasteiger partial charge in [0.25, 0.3) is 0 Å². The Bertz CT molecular complexity index is 744. The second kappa shape index (κ2) is 6.23. The van der Waals surface area contributed by atoms with E-state index in [1.54, 1.807) is 0 Å². The van der Waals surface area contributed by atoms with Crippen LogP contribution in [-0.4, -0.2) is 17.3 Å². The second-order valence-corrected chi connectivity index (χ2v) is 6.28. The molecule has 1 aliphatic heterocycles. The number of ether oxygens (including phenoxy) is 1. The van der Waals surface area contributed by atoms with Crippen molar-refractivity contribution in [1.29, 1.82) is 0 Å². The Balaban J connectivity index is 1.66. The van der Waals surface area contributed by atoms with Crippen LogP contribution in [-0.2, 0) is 16.8 Å². The molecule has 0 spiro atoms. The summed E-state index contributed by atoms with van der Waals surface area (Å²) in [6.45, 7) is 0. The number of aliphatic hydroxyl groups is 1. The lowest BCUT2D eigenvalue weighted by molar-refractivity contribution is 0.0477.